The van der Waals surface area contributed by atoms with Crippen LogP contribution in [0.15, 0.2) is 27.2 Å². The zero-order valence-corrected chi connectivity index (χ0v) is 13.0. The molecule has 0 atom stereocenters. The molecule has 0 saturated carbocycles. The van der Waals surface area contributed by atoms with Gasteiger partial charge in [-0.25, -0.2) is 22.9 Å². The van der Waals surface area contributed by atoms with E-state index in [1.165, 1.54) is 12.6 Å². The molecule has 0 fully saturated rings. The number of hydrogen-bond donors (Lipinski definition) is 1. The number of carbonyl (C=O) groups is 1. The van der Waals surface area contributed by atoms with Crippen molar-refractivity contribution in [3.63, 3.8) is 0 Å². The fourth-order valence-electron chi connectivity index (χ4n) is 1.49. The van der Waals surface area contributed by atoms with Crippen LogP contribution in [0.2, 0.25) is 0 Å². The van der Waals surface area contributed by atoms with Crippen LogP contribution in [0, 0.1) is 0 Å². The van der Waals surface area contributed by atoms with E-state index in [2.05, 4.69) is 14.4 Å². The number of ether oxygens (including phenoxy) is 1. The molecule has 0 radical (unpaired) electrons. The molecule has 0 aliphatic rings. The van der Waals surface area contributed by atoms with Crippen LogP contribution in [0.5, 0.6) is 0 Å². The molecule has 2 aromatic rings. The molecule has 108 valence electrons. The summed E-state index contributed by atoms with van der Waals surface area (Å²) in [6, 6.07) is 3.85. The Morgan fingerprint density at radius 2 is 2.25 bits per heavy atom. The lowest BCUT2D eigenvalue weighted by molar-refractivity contribution is 0.0590. The minimum atomic E-state index is -3.75. The molecule has 0 spiro atoms. The summed E-state index contributed by atoms with van der Waals surface area (Å²) in [6.45, 7) is 0.265. The molecule has 20 heavy (non-hydrogen) atoms. The Morgan fingerprint density at radius 3 is 2.90 bits per heavy atom. The van der Waals surface area contributed by atoms with Gasteiger partial charge in [0.1, 0.15) is 0 Å². The molecule has 2 aromatic heterocycles. The Labute approximate surface area is 124 Å². The molecule has 0 amide bonds. The zero-order valence-electron chi connectivity index (χ0n) is 10.5. The Balaban J connectivity index is 2.07. The number of thiophene rings is 1. The smallest absolute Gasteiger partial charge is 0.358 e. The minimum Gasteiger partial charge on any atom is -0.464 e. The lowest BCUT2D eigenvalue weighted by Gasteiger charge is -2.05. The van der Waals surface area contributed by atoms with E-state index in [1.807, 2.05) is 17.5 Å². The Hall–Kier alpha value is -1.29. The summed E-state index contributed by atoms with van der Waals surface area (Å²) < 4.78 is 31.1. The summed E-state index contributed by atoms with van der Waals surface area (Å²) in [5, 5.41) is 1.93. The first kappa shape index (κ1) is 15.1. The zero-order chi connectivity index (χ0) is 14.6. The Kier molecular flexibility index (Phi) is 4.86. The van der Waals surface area contributed by atoms with Gasteiger partial charge in [0.25, 0.3) is 10.0 Å². The van der Waals surface area contributed by atoms with Crippen molar-refractivity contribution in [3.05, 3.63) is 33.6 Å². The van der Waals surface area contributed by atoms with Gasteiger partial charge in [0.2, 0.25) is 0 Å². The van der Waals surface area contributed by atoms with Crippen LogP contribution in [0.1, 0.15) is 15.4 Å². The van der Waals surface area contributed by atoms with Crippen molar-refractivity contribution in [2.75, 3.05) is 13.7 Å². The highest BCUT2D eigenvalue weighted by Gasteiger charge is 2.26. The average Bonchev–Trinajstić information content (AvgIpc) is 3.08. The third kappa shape index (κ3) is 3.42. The van der Waals surface area contributed by atoms with Gasteiger partial charge < -0.3 is 4.74 Å². The number of rotatable bonds is 6. The van der Waals surface area contributed by atoms with Crippen molar-refractivity contribution < 1.29 is 17.9 Å². The maximum atomic E-state index is 12.1. The van der Waals surface area contributed by atoms with Gasteiger partial charge in [0, 0.05) is 11.4 Å². The lowest BCUT2D eigenvalue weighted by atomic mass is 10.3. The van der Waals surface area contributed by atoms with Crippen LogP contribution < -0.4 is 4.72 Å². The lowest BCUT2D eigenvalue weighted by Crippen LogP contribution is -2.26. The molecule has 9 heteroatoms. The first-order valence-corrected chi connectivity index (χ1v) is 8.82. The maximum Gasteiger partial charge on any atom is 0.358 e. The molecular formula is C11H12N2O4S3. The first-order valence-electron chi connectivity index (χ1n) is 5.58. The number of esters is 1. The molecule has 0 aliphatic carbocycles. The Morgan fingerprint density at radius 1 is 1.45 bits per heavy atom. The van der Waals surface area contributed by atoms with E-state index in [-0.39, 0.29) is 16.4 Å². The van der Waals surface area contributed by atoms with Crippen molar-refractivity contribution in [1.29, 1.82) is 0 Å². The van der Waals surface area contributed by atoms with Crippen LogP contribution in [0.3, 0.4) is 0 Å². The minimum absolute atomic E-state index is 0.115. The standard InChI is InChI=1S/C11H12N2O4S3/c1-17-10(14)9-11(19-7-12-9)20(15,16)13-5-4-8-3-2-6-18-8/h2-3,6-7,13H,4-5H2,1H3. The van der Waals surface area contributed by atoms with Crippen LogP contribution >= 0.6 is 22.7 Å². The molecule has 0 bridgehead atoms. The summed E-state index contributed by atoms with van der Waals surface area (Å²) >= 11 is 2.45. The van der Waals surface area contributed by atoms with Gasteiger partial charge in [-0.1, -0.05) is 6.07 Å². The fraction of sp³-hybridized carbons (Fsp3) is 0.273. The number of carbonyl (C=O) groups excluding carboxylic acids is 1. The second-order valence-electron chi connectivity index (χ2n) is 3.71. The van der Waals surface area contributed by atoms with Gasteiger partial charge in [0.05, 0.1) is 12.6 Å². The molecule has 1 N–H and O–H groups in total. The van der Waals surface area contributed by atoms with E-state index in [0.717, 1.165) is 16.2 Å². The SMILES string of the molecule is COC(=O)c1ncsc1S(=O)(=O)NCCc1cccs1. The van der Waals surface area contributed by atoms with Crippen molar-refractivity contribution in [2.45, 2.75) is 10.6 Å². The normalized spacial score (nSPS) is 11.4. The van der Waals surface area contributed by atoms with Crippen molar-refractivity contribution >= 4 is 38.7 Å². The number of sulfonamides is 1. The quantitative estimate of drug-likeness (QED) is 0.811. The van der Waals surface area contributed by atoms with Crippen molar-refractivity contribution in [2.24, 2.45) is 0 Å². The van der Waals surface area contributed by atoms with E-state index in [1.54, 1.807) is 11.3 Å². The molecule has 0 aliphatic heterocycles. The van der Waals surface area contributed by atoms with Gasteiger partial charge in [-0.3, -0.25) is 0 Å². The summed E-state index contributed by atoms with van der Waals surface area (Å²) in [4.78, 5) is 16.3. The molecule has 6 nitrogen and oxygen atoms in total. The molecule has 0 saturated heterocycles. The maximum absolute atomic E-state index is 12.1. The molecule has 2 rings (SSSR count). The third-order valence-corrected chi connectivity index (χ3v) is 6.17. The van der Waals surface area contributed by atoms with E-state index >= 15 is 0 Å². The van der Waals surface area contributed by atoms with Gasteiger partial charge in [-0.2, -0.15) is 0 Å². The predicted octanol–water partition coefficient (Wildman–Crippen LogP) is 1.51. The van der Waals surface area contributed by atoms with E-state index in [0.29, 0.717) is 6.42 Å². The number of nitrogens with zero attached hydrogens (tertiary/aromatic N) is 1. The van der Waals surface area contributed by atoms with Crippen molar-refractivity contribution in [1.82, 2.24) is 9.71 Å². The number of thiazole rings is 1. The fourth-order valence-corrected chi connectivity index (χ4v) is 4.40. The largest absolute Gasteiger partial charge is 0.464 e. The second kappa shape index (κ2) is 6.44. The van der Waals surface area contributed by atoms with Gasteiger partial charge in [0.15, 0.2) is 9.90 Å². The average molecular weight is 332 g/mol. The molecule has 2 heterocycles. The summed E-state index contributed by atoms with van der Waals surface area (Å²) in [5.41, 5.74) is 1.13. The Bertz CT molecular complexity index is 676. The summed E-state index contributed by atoms with van der Waals surface area (Å²) in [5.74, 6) is -0.759. The highest BCUT2D eigenvalue weighted by Crippen LogP contribution is 2.20. The number of methoxy groups -OCH3 is 1. The monoisotopic (exact) mass is 332 g/mol. The molecule has 0 aromatic carbocycles. The summed E-state index contributed by atoms with van der Waals surface area (Å²) in [6.07, 6.45) is 0.600. The number of nitrogens with one attached hydrogen (secondary N) is 1. The van der Waals surface area contributed by atoms with E-state index in [4.69, 9.17) is 0 Å². The van der Waals surface area contributed by atoms with Gasteiger partial charge in [-0.15, -0.1) is 22.7 Å². The summed E-state index contributed by atoms with van der Waals surface area (Å²) in [7, 11) is -2.56. The van der Waals surface area contributed by atoms with Gasteiger partial charge >= 0.3 is 5.97 Å². The van der Waals surface area contributed by atoms with Crippen molar-refractivity contribution in [3.8, 4) is 0 Å². The first-order chi connectivity index (χ1) is 9.54. The van der Waals surface area contributed by atoms with Crippen LogP contribution in [0.4, 0.5) is 0 Å². The molecule has 0 unspecified atom stereocenters. The van der Waals surface area contributed by atoms with Crippen LogP contribution in [-0.4, -0.2) is 33.0 Å². The highest BCUT2D eigenvalue weighted by atomic mass is 32.2. The number of hydrogen-bond acceptors (Lipinski definition) is 7. The second-order valence-corrected chi connectivity index (χ2v) is 7.56. The topological polar surface area (TPSA) is 85.4 Å². The van der Waals surface area contributed by atoms with E-state index in [9.17, 15) is 13.2 Å². The van der Waals surface area contributed by atoms with Gasteiger partial charge in [-0.05, 0) is 17.9 Å². The number of aromatic nitrogens is 1. The van der Waals surface area contributed by atoms with E-state index < -0.39 is 16.0 Å². The van der Waals surface area contributed by atoms with Crippen LogP contribution in [-0.2, 0) is 21.2 Å². The van der Waals surface area contributed by atoms with Crippen LogP contribution in [0.25, 0.3) is 0 Å². The molecular weight excluding hydrogens is 320 g/mol. The predicted molar refractivity (Wildman–Crippen MR) is 76.7 cm³/mol. The third-order valence-electron chi connectivity index (χ3n) is 2.40. The highest BCUT2D eigenvalue weighted by molar-refractivity contribution is 7.91.